The summed E-state index contributed by atoms with van der Waals surface area (Å²) in [5, 5.41) is 2.75. The largest absolute Gasteiger partial charge is 0.376 e. The molecule has 1 N–H and O–H groups in total. The van der Waals surface area contributed by atoms with Crippen molar-refractivity contribution in [2.75, 3.05) is 30.3 Å². The number of hydrogen-bond donors (Lipinski definition) is 1. The second-order valence-corrected chi connectivity index (χ2v) is 7.64. The van der Waals surface area contributed by atoms with Crippen molar-refractivity contribution in [3.63, 3.8) is 0 Å². The van der Waals surface area contributed by atoms with Gasteiger partial charge in [-0.25, -0.2) is 8.42 Å². The molecule has 0 aliphatic carbocycles. The number of benzene rings is 1. The maximum atomic E-state index is 12.1. The minimum absolute atomic E-state index is 0.0365. The zero-order chi connectivity index (χ0) is 16.9. The Morgan fingerprint density at radius 1 is 1.35 bits per heavy atom. The zero-order valence-corrected chi connectivity index (χ0v) is 14.4. The summed E-state index contributed by atoms with van der Waals surface area (Å²) in [5.74, 6) is -0.328. The predicted octanol–water partition coefficient (Wildman–Crippen LogP) is 1.31. The van der Waals surface area contributed by atoms with Crippen molar-refractivity contribution in [1.29, 1.82) is 0 Å². The van der Waals surface area contributed by atoms with Crippen LogP contribution in [0, 0.1) is 0 Å². The van der Waals surface area contributed by atoms with Gasteiger partial charge in [0.25, 0.3) is 0 Å². The number of nitrogens with one attached hydrogen (secondary N) is 1. The van der Waals surface area contributed by atoms with Crippen LogP contribution in [0.25, 0.3) is 0 Å². The Balaban J connectivity index is 2.01. The molecule has 1 atom stereocenters. The average molecular weight is 340 g/mol. The molecule has 0 radical (unpaired) electrons. The Morgan fingerprint density at radius 3 is 2.57 bits per heavy atom. The number of rotatable bonds is 7. The fourth-order valence-electron chi connectivity index (χ4n) is 2.52. The van der Waals surface area contributed by atoms with E-state index in [1.54, 1.807) is 12.1 Å². The Labute approximate surface area is 137 Å². The van der Waals surface area contributed by atoms with E-state index >= 15 is 0 Å². The molecular weight excluding hydrogens is 316 g/mol. The van der Waals surface area contributed by atoms with Crippen molar-refractivity contribution >= 4 is 21.6 Å². The fourth-order valence-corrected chi connectivity index (χ4v) is 3.37. The lowest BCUT2D eigenvalue weighted by Gasteiger charge is -2.22. The van der Waals surface area contributed by atoms with E-state index in [-0.39, 0.29) is 18.6 Å². The number of hydrogen-bond acceptors (Lipinski definition) is 4. The Morgan fingerprint density at radius 2 is 2.04 bits per heavy atom. The third-order valence-corrected chi connectivity index (χ3v) is 5.01. The predicted molar refractivity (Wildman–Crippen MR) is 90.0 cm³/mol. The second-order valence-electron chi connectivity index (χ2n) is 5.73. The smallest absolute Gasteiger partial charge is 0.240 e. The highest BCUT2D eigenvalue weighted by Gasteiger charge is 2.22. The number of anilines is 1. The molecule has 1 unspecified atom stereocenters. The van der Waals surface area contributed by atoms with Crippen LogP contribution >= 0.6 is 0 Å². The van der Waals surface area contributed by atoms with Gasteiger partial charge in [0.05, 0.1) is 18.0 Å². The summed E-state index contributed by atoms with van der Waals surface area (Å²) in [6, 6.07) is 7.20. The SMILES string of the molecule is CCc1ccc(N(CC(=O)NCC2CCCO2)S(C)(=O)=O)cc1. The topological polar surface area (TPSA) is 75.7 Å². The molecule has 6 nitrogen and oxygen atoms in total. The highest BCUT2D eigenvalue weighted by atomic mass is 32.2. The third kappa shape index (κ3) is 5.21. The lowest BCUT2D eigenvalue weighted by atomic mass is 10.1. The van der Waals surface area contributed by atoms with E-state index in [0.717, 1.165) is 42.0 Å². The van der Waals surface area contributed by atoms with Crippen molar-refractivity contribution in [1.82, 2.24) is 5.32 Å². The number of sulfonamides is 1. The number of ether oxygens (including phenoxy) is 1. The van der Waals surface area contributed by atoms with Gasteiger partial charge >= 0.3 is 0 Å². The molecule has 1 heterocycles. The fraction of sp³-hybridized carbons (Fsp3) is 0.562. The van der Waals surface area contributed by atoms with Crippen LogP contribution in [0.5, 0.6) is 0 Å². The van der Waals surface area contributed by atoms with Crippen LogP contribution < -0.4 is 9.62 Å². The zero-order valence-electron chi connectivity index (χ0n) is 13.6. The lowest BCUT2D eigenvalue weighted by molar-refractivity contribution is -0.120. The summed E-state index contributed by atoms with van der Waals surface area (Å²) in [6.45, 7) is 2.95. The Hall–Kier alpha value is -1.60. The first kappa shape index (κ1) is 17.7. The summed E-state index contributed by atoms with van der Waals surface area (Å²) < 4.78 is 30.6. The number of nitrogens with zero attached hydrogens (tertiary/aromatic N) is 1. The molecule has 0 aromatic heterocycles. The van der Waals surface area contributed by atoms with Crippen molar-refractivity contribution < 1.29 is 17.9 Å². The van der Waals surface area contributed by atoms with E-state index in [1.807, 2.05) is 19.1 Å². The van der Waals surface area contributed by atoms with E-state index in [0.29, 0.717) is 12.2 Å². The van der Waals surface area contributed by atoms with Gasteiger partial charge in [-0.05, 0) is 37.0 Å². The second kappa shape index (κ2) is 7.79. The number of carbonyl (C=O) groups is 1. The molecule has 128 valence electrons. The highest BCUT2D eigenvalue weighted by molar-refractivity contribution is 7.92. The summed E-state index contributed by atoms with van der Waals surface area (Å²) >= 11 is 0. The molecule has 1 amide bonds. The van der Waals surface area contributed by atoms with Gasteiger partial charge in [0.2, 0.25) is 15.9 Å². The molecule has 0 spiro atoms. The Kier molecular flexibility index (Phi) is 6.01. The first-order valence-corrected chi connectivity index (χ1v) is 9.70. The van der Waals surface area contributed by atoms with E-state index in [1.165, 1.54) is 0 Å². The van der Waals surface area contributed by atoms with Crippen LogP contribution in [0.1, 0.15) is 25.3 Å². The molecule has 1 aromatic carbocycles. The van der Waals surface area contributed by atoms with Gasteiger partial charge in [0.15, 0.2) is 0 Å². The normalized spacial score (nSPS) is 17.9. The molecule has 1 aliphatic heterocycles. The molecule has 1 aromatic rings. The van der Waals surface area contributed by atoms with Gasteiger partial charge < -0.3 is 10.1 Å². The van der Waals surface area contributed by atoms with Crippen molar-refractivity contribution in [2.45, 2.75) is 32.3 Å². The van der Waals surface area contributed by atoms with Gasteiger partial charge in [-0.1, -0.05) is 19.1 Å². The first-order chi connectivity index (χ1) is 10.9. The summed E-state index contributed by atoms with van der Waals surface area (Å²) in [5.41, 5.74) is 1.61. The van der Waals surface area contributed by atoms with Gasteiger partial charge in [0, 0.05) is 13.2 Å². The van der Waals surface area contributed by atoms with Crippen LogP contribution in [-0.2, 0) is 26.0 Å². The summed E-state index contributed by atoms with van der Waals surface area (Å²) in [6.07, 6.45) is 3.94. The summed E-state index contributed by atoms with van der Waals surface area (Å²) in [4.78, 5) is 12.1. The van der Waals surface area contributed by atoms with Crippen LogP contribution in [0.3, 0.4) is 0 Å². The van der Waals surface area contributed by atoms with Crippen molar-refractivity contribution in [3.05, 3.63) is 29.8 Å². The standard InChI is InChI=1S/C16H24N2O4S/c1-3-13-6-8-14(9-7-13)18(23(2,20)21)12-16(19)17-11-15-5-4-10-22-15/h6-9,15H,3-5,10-12H2,1-2H3,(H,17,19). The van der Waals surface area contributed by atoms with Crippen LogP contribution in [-0.4, -0.2) is 46.4 Å². The van der Waals surface area contributed by atoms with Crippen molar-refractivity contribution in [3.8, 4) is 0 Å². The van der Waals surface area contributed by atoms with Crippen LogP contribution in [0.15, 0.2) is 24.3 Å². The Bertz CT molecular complexity index is 622. The summed E-state index contributed by atoms with van der Waals surface area (Å²) in [7, 11) is -3.53. The van der Waals surface area contributed by atoms with E-state index in [2.05, 4.69) is 5.32 Å². The minimum Gasteiger partial charge on any atom is -0.376 e. The number of carbonyl (C=O) groups excluding carboxylic acids is 1. The number of amides is 1. The maximum Gasteiger partial charge on any atom is 0.240 e. The molecule has 23 heavy (non-hydrogen) atoms. The van der Waals surface area contributed by atoms with Gasteiger partial charge in [0.1, 0.15) is 6.54 Å². The van der Waals surface area contributed by atoms with Crippen LogP contribution in [0.2, 0.25) is 0 Å². The molecular formula is C16H24N2O4S. The highest BCUT2D eigenvalue weighted by Crippen LogP contribution is 2.18. The average Bonchev–Trinajstić information content (AvgIpc) is 3.03. The monoisotopic (exact) mass is 340 g/mol. The quantitative estimate of drug-likeness (QED) is 0.812. The van der Waals surface area contributed by atoms with Gasteiger partial charge in [-0.3, -0.25) is 9.10 Å². The van der Waals surface area contributed by atoms with E-state index in [9.17, 15) is 13.2 Å². The van der Waals surface area contributed by atoms with Crippen LogP contribution in [0.4, 0.5) is 5.69 Å². The maximum absolute atomic E-state index is 12.1. The molecule has 0 saturated carbocycles. The van der Waals surface area contributed by atoms with Gasteiger partial charge in [-0.15, -0.1) is 0 Å². The van der Waals surface area contributed by atoms with E-state index in [4.69, 9.17) is 4.74 Å². The molecule has 1 saturated heterocycles. The van der Waals surface area contributed by atoms with E-state index < -0.39 is 10.0 Å². The lowest BCUT2D eigenvalue weighted by Crippen LogP contribution is -2.42. The minimum atomic E-state index is -3.53. The molecule has 1 fully saturated rings. The molecule has 2 rings (SSSR count). The van der Waals surface area contributed by atoms with Gasteiger partial charge in [-0.2, -0.15) is 0 Å². The first-order valence-electron chi connectivity index (χ1n) is 7.85. The van der Waals surface area contributed by atoms with Crippen molar-refractivity contribution in [2.24, 2.45) is 0 Å². The number of aryl methyl sites for hydroxylation is 1. The molecule has 1 aliphatic rings. The molecule has 7 heteroatoms. The molecule has 0 bridgehead atoms. The third-order valence-electron chi connectivity index (χ3n) is 3.87.